The Morgan fingerprint density at radius 1 is 1.47 bits per heavy atom. The van der Waals surface area contributed by atoms with E-state index in [0.717, 1.165) is 12.3 Å². The molecule has 3 heteroatoms. The first-order chi connectivity index (χ1) is 8.15. The molecule has 0 bridgehead atoms. The molecule has 0 amide bonds. The highest BCUT2D eigenvalue weighted by molar-refractivity contribution is 5.66. The fraction of sp³-hybridized carbons (Fsp3) is 0.500. The third-order valence-electron chi connectivity index (χ3n) is 3.23. The first-order valence-electron chi connectivity index (χ1n) is 6.21. The molecular weight excluding hydrogens is 214 g/mol. The molecule has 1 aliphatic carbocycles. The lowest BCUT2D eigenvalue weighted by Crippen LogP contribution is -2.23. The Hall–Kier alpha value is -1.35. The quantitative estimate of drug-likeness (QED) is 0.792. The Morgan fingerprint density at radius 2 is 2.24 bits per heavy atom. The predicted molar refractivity (Wildman–Crippen MR) is 67.0 cm³/mol. The maximum Gasteiger partial charge on any atom is 0.303 e. The van der Waals surface area contributed by atoms with Gasteiger partial charge in [0, 0.05) is 12.5 Å². The summed E-state index contributed by atoms with van der Waals surface area (Å²) >= 11 is 0. The van der Waals surface area contributed by atoms with Crippen molar-refractivity contribution in [3.8, 4) is 0 Å². The Morgan fingerprint density at radius 3 is 2.88 bits per heavy atom. The van der Waals surface area contributed by atoms with E-state index >= 15 is 0 Å². The smallest absolute Gasteiger partial charge is 0.303 e. The van der Waals surface area contributed by atoms with Gasteiger partial charge < -0.3 is 10.8 Å². The van der Waals surface area contributed by atoms with Gasteiger partial charge in [-0.15, -0.1) is 0 Å². The largest absolute Gasteiger partial charge is 0.481 e. The maximum absolute atomic E-state index is 10.5. The average molecular weight is 233 g/mol. The Bertz CT molecular complexity index is 399. The molecule has 1 atom stereocenters. The SMILES string of the molecule is NC(CCC(=O)O)Cc1cccc(C2CC2)c1. The maximum atomic E-state index is 10.5. The summed E-state index contributed by atoms with van der Waals surface area (Å²) in [4.78, 5) is 10.5. The van der Waals surface area contributed by atoms with Crippen molar-refractivity contribution in [2.75, 3.05) is 0 Å². The van der Waals surface area contributed by atoms with E-state index in [1.165, 1.54) is 24.0 Å². The molecule has 1 unspecified atom stereocenters. The number of hydrogen-bond acceptors (Lipinski definition) is 2. The van der Waals surface area contributed by atoms with Gasteiger partial charge in [0.2, 0.25) is 0 Å². The zero-order chi connectivity index (χ0) is 12.3. The van der Waals surface area contributed by atoms with Crippen LogP contribution in [0.15, 0.2) is 24.3 Å². The number of carboxylic acid groups (broad SMARTS) is 1. The highest BCUT2D eigenvalue weighted by atomic mass is 16.4. The lowest BCUT2D eigenvalue weighted by Gasteiger charge is -2.11. The van der Waals surface area contributed by atoms with Gasteiger partial charge in [-0.1, -0.05) is 24.3 Å². The third-order valence-corrected chi connectivity index (χ3v) is 3.23. The van der Waals surface area contributed by atoms with Gasteiger partial charge in [-0.2, -0.15) is 0 Å². The van der Waals surface area contributed by atoms with Gasteiger partial charge in [0.05, 0.1) is 0 Å². The number of carbonyl (C=O) groups is 1. The number of hydrogen-bond donors (Lipinski definition) is 2. The first-order valence-corrected chi connectivity index (χ1v) is 6.21. The molecule has 0 saturated heterocycles. The molecule has 17 heavy (non-hydrogen) atoms. The lowest BCUT2D eigenvalue weighted by atomic mass is 9.99. The first kappa shape index (κ1) is 12.1. The molecular formula is C14H19NO2. The Balaban J connectivity index is 1.88. The number of rotatable bonds is 6. The number of aliphatic carboxylic acids is 1. The van der Waals surface area contributed by atoms with Crippen LogP contribution in [0.25, 0.3) is 0 Å². The summed E-state index contributed by atoms with van der Waals surface area (Å²) in [5.41, 5.74) is 8.57. The summed E-state index contributed by atoms with van der Waals surface area (Å²) in [6, 6.07) is 8.49. The van der Waals surface area contributed by atoms with Crippen LogP contribution in [0.1, 0.15) is 42.7 Å². The monoisotopic (exact) mass is 233 g/mol. The molecule has 2 rings (SSSR count). The molecule has 1 saturated carbocycles. The van der Waals surface area contributed by atoms with Crippen LogP contribution in [0.5, 0.6) is 0 Å². The summed E-state index contributed by atoms with van der Waals surface area (Å²) < 4.78 is 0. The van der Waals surface area contributed by atoms with Crippen LogP contribution >= 0.6 is 0 Å². The molecule has 0 heterocycles. The van der Waals surface area contributed by atoms with Crippen molar-refractivity contribution in [1.82, 2.24) is 0 Å². The normalized spacial score (nSPS) is 16.8. The van der Waals surface area contributed by atoms with Crippen molar-refractivity contribution in [3.63, 3.8) is 0 Å². The van der Waals surface area contributed by atoms with E-state index in [0.29, 0.717) is 6.42 Å². The van der Waals surface area contributed by atoms with E-state index < -0.39 is 5.97 Å². The Labute approximate surface area is 102 Å². The van der Waals surface area contributed by atoms with Crippen LogP contribution in [0.4, 0.5) is 0 Å². The van der Waals surface area contributed by atoms with Gasteiger partial charge in [0.15, 0.2) is 0 Å². The summed E-state index contributed by atoms with van der Waals surface area (Å²) in [6.07, 6.45) is 4.07. The summed E-state index contributed by atoms with van der Waals surface area (Å²) in [5, 5.41) is 8.60. The van der Waals surface area contributed by atoms with E-state index in [2.05, 4.69) is 24.3 Å². The minimum absolute atomic E-state index is 0.0550. The van der Waals surface area contributed by atoms with Gasteiger partial charge in [-0.3, -0.25) is 4.79 Å². The lowest BCUT2D eigenvalue weighted by molar-refractivity contribution is -0.137. The van der Waals surface area contributed by atoms with Crippen molar-refractivity contribution in [1.29, 1.82) is 0 Å². The van der Waals surface area contributed by atoms with Crippen molar-refractivity contribution >= 4 is 5.97 Å². The molecule has 1 fully saturated rings. The molecule has 3 N–H and O–H groups in total. The molecule has 0 aliphatic heterocycles. The second kappa shape index (κ2) is 5.32. The van der Waals surface area contributed by atoms with Crippen LogP contribution in [-0.2, 0) is 11.2 Å². The van der Waals surface area contributed by atoms with Crippen LogP contribution in [-0.4, -0.2) is 17.1 Å². The number of benzene rings is 1. The van der Waals surface area contributed by atoms with E-state index in [1.807, 2.05) is 0 Å². The minimum Gasteiger partial charge on any atom is -0.481 e. The third kappa shape index (κ3) is 3.86. The van der Waals surface area contributed by atoms with Crippen molar-refractivity contribution < 1.29 is 9.90 Å². The molecule has 0 spiro atoms. The van der Waals surface area contributed by atoms with Crippen molar-refractivity contribution in [2.45, 2.75) is 44.1 Å². The standard InChI is InChI=1S/C14H19NO2/c15-13(6-7-14(16)17)9-10-2-1-3-12(8-10)11-4-5-11/h1-3,8,11,13H,4-7,9,15H2,(H,16,17). The average Bonchev–Trinajstić information content (AvgIpc) is 3.10. The topological polar surface area (TPSA) is 63.3 Å². The Kier molecular flexibility index (Phi) is 3.79. The number of carboxylic acids is 1. The number of nitrogens with two attached hydrogens (primary N) is 1. The van der Waals surface area contributed by atoms with Crippen LogP contribution in [0.3, 0.4) is 0 Å². The van der Waals surface area contributed by atoms with Gasteiger partial charge in [0.1, 0.15) is 0 Å². The molecule has 92 valence electrons. The minimum atomic E-state index is -0.771. The summed E-state index contributed by atoms with van der Waals surface area (Å²) in [6.45, 7) is 0. The van der Waals surface area contributed by atoms with E-state index in [-0.39, 0.29) is 12.5 Å². The van der Waals surface area contributed by atoms with Crippen LogP contribution in [0.2, 0.25) is 0 Å². The predicted octanol–water partition coefficient (Wildman–Crippen LogP) is 2.30. The summed E-state index contributed by atoms with van der Waals surface area (Å²) in [7, 11) is 0. The zero-order valence-electron chi connectivity index (χ0n) is 9.93. The fourth-order valence-corrected chi connectivity index (χ4v) is 2.10. The molecule has 0 radical (unpaired) electrons. The molecule has 0 aromatic heterocycles. The second-order valence-corrected chi connectivity index (χ2v) is 4.92. The molecule has 1 aromatic rings. The van der Waals surface area contributed by atoms with Crippen LogP contribution in [0, 0.1) is 0 Å². The van der Waals surface area contributed by atoms with E-state index in [4.69, 9.17) is 10.8 Å². The molecule has 1 aliphatic rings. The molecule has 3 nitrogen and oxygen atoms in total. The van der Waals surface area contributed by atoms with Gasteiger partial charge in [-0.05, 0) is 42.7 Å². The second-order valence-electron chi connectivity index (χ2n) is 4.92. The van der Waals surface area contributed by atoms with Crippen molar-refractivity contribution in [2.24, 2.45) is 5.73 Å². The van der Waals surface area contributed by atoms with Gasteiger partial charge in [-0.25, -0.2) is 0 Å². The van der Waals surface area contributed by atoms with Crippen LogP contribution < -0.4 is 5.73 Å². The fourth-order valence-electron chi connectivity index (χ4n) is 2.10. The highest BCUT2D eigenvalue weighted by Crippen LogP contribution is 2.40. The highest BCUT2D eigenvalue weighted by Gasteiger charge is 2.23. The van der Waals surface area contributed by atoms with Gasteiger partial charge in [0.25, 0.3) is 0 Å². The summed E-state index contributed by atoms with van der Waals surface area (Å²) in [5.74, 6) is -0.0163. The zero-order valence-corrected chi connectivity index (χ0v) is 9.93. The molecule has 1 aromatic carbocycles. The van der Waals surface area contributed by atoms with Gasteiger partial charge >= 0.3 is 5.97 Å². The van der Waals surface area contributed by atoms with E-state index in [1.54, 1.807) is 0 Å². The van der Waals surface area contributed by atoms with Crippen molar-refractivity contribution in [3.05, 3.63) is 35.4 Å². The van der Waals surface area contributed by atoms with E-state index in [9.17, 15) is 4.79 Å².